The zero-order valence-electron chi connectivity index (χ0n) is 13.2. The lowest BCUT2D eigenvalue weighted by Gasteiger charge is -2.25. The number of benzene rings is 1. The number of aryl methyl sites for hydroxylation is 1. The van der Waals surface area contributed by atoms with Crippen molar-refractivity contribution in [1.29, 1.82) is 0 Å². The molecule has 0 fully saturated rings. The van der Waals surface area contributed by atoms with Crippen LogP contribution in [0.4, 0.5) is 0 Å². The van der Waals surface area contributed by atoms with Crippen molar-refractivity contribution < 1.29 is 19.1 Å². The van der Waals surface area contributed by atoms with E-state index in [1.54, 1.807) is 20.0 Å². The highest BCUT2D eigenvalue weighted by Crippen LogP contribution is 2.28. The number of halogens is 1. The zero-order chi connectivity index (χ0) is 17.1. The molecule has 0 aliphatic carbocycles. The van der Waals surface area contributed by atoms with Crippen LogP contribution in [-0.2, 0) is 6.42 Å². The minimum atomic E-state index is -1.11. The molecule has 0 radical (unpaired) electrons. The van der Waals surface area contributed by atoms with Gasteiger partial charge < -0.3 is 14.4 Å². The monoisotopic (exact) mass is 335 g/mol. The van der Waals surface area contributed by atoms with Crippen LogP contribution in [0, 0.1) is 0 Å². The number of hydrogen-bond donors (Lipinski definition) is 1. The molecule has 1 heterocycles. The maximum atomic E-state index is 12.6. The molecule has 1 aromatic carbocycles. The van der Waals surface area contributed by atoms with Crippen molar-refractivity contribution in [3.8, 4) is 0 Å². The van der Waals surface area contributed by atoms with E-state index in [1.165, 1.54) is 11.0 Å². The summed E-state index contributed by atoms with van der Waals surface area (Å²) in [7, 11) is 1.63. The lowest BCUT2D eigenvalue weighted by molar-refractivity contribution is 0.0689. The van der Waals surface area contributed by atoms with E-state index in [0.717, 1.165) is 5.56 Å². The van der Waals surface area contributed by atoms with Crippen molar-refractivity contribution in [1.82, 2.24) is 4.90 Å². The lowest BCUT2D eigenvalue weighted by atomic mass is 10.1. The summed E-state index contributed by atoms with van der Waals surface area (Å²) >= 11 is 6.17. The number of aromatic carboxylic acids is 1. The summed E-state index contributed by atoms with van der Waals surface area (Å²) in [5.74, 6) is -1.19. The summed E-state index contributed by atoms with van der Waals surface area (Å²) in [6.45, 7) is 3.62. The molecule has 0 bridgehead atoms. The molecule has 0 spiro atoms. The Labute approximate surface area is 139 Å². The molecule has 0 aliphatic heterocycles. The van der Waals surface area contributed by atoms with E-state index in [4.69, 9.17) is 21.1 Å². The minimum absolute atomic E-state index is 0.0145. The molecule has 6 heteroatoms. The predicted molar refractivity (Wildman–Crippen MR) is 87.0 cm³/mol. The Kier molecular flexibility index (Phi) is 5.11. The van der Waals surface area contributed by atoms with Crippen LogP contribution in [0.3, 0.4) is 0 Å². The average Bonchev–Trinajstić information content (AvgIpc) is 2.98. The van der Waals surface area contributed by atoms with Crippen molar-refractivity contribution in [3.63, 3.8) is 0 Å². The molecule has 5 nitrogen and oxygen atoms in total. The Morgan fingerprint density at radius 3 is 2.52 bits per heavy atom. The van der Waals surface area contributed by atoms with E-state index in [1.807, 2.05) is 25.1 Å². The summed E-state index contributed by atoms with van der Waals surface area (Å²) in [4.78, 5) is 25.2. The Bertz CT molecular complexity index is 738. The van der Waals surface area contributed by atoms with Gasteiger partial charge in [0.05, 0.1) is 6.04 Å². The molecule has 2 aromatic rings. The molecule has 0 saturated heterocycles. The van der Waals surface area contributed by atoms with Crippen molar-refractivity contribution in [2.24, 2.45) is 0 Å². The van der Waals surface area contributed by atoms with Crippen molar-refractivity contribution in [3.05, 3.63) is 58.0 Å². The molecule has 1 unspecified atom stereocenters. The van der Waals surface area contributed by atoms with Gasteiger partial charge in [0.1, 0.15) is 11.3 Å². The van der Waals surface area contributed by atoms with E-state index in [0.29, 0.717) is 17.2 Å². The summed E-state index contributed by atoms with van der Waals surface area (Å²) < 4.78 is 5.42. The topological polar surface area (TPSA) is 70.8 Å². The highest BCUT2D eigenvalue weighted by Gasteiger charge is 2.26. The van der Waals surface area contributed by atoms with Crippen molar-refractivity contribution in [2.75, 3.05) is 7.05 Å². The van der Waals surface area contributed by atoms with Crippen LogP contribution in [0.25, 0.3) is 0 Å². The van der Waals surface area contributed by atoms with Crippen LogP contribution in [0.15, 0.2) is 34.7 Å². The van der Waals surface area contributed by atoms with Crippen LogP contribution in [0.1, 0.15) is 52.1 Å². The fraction of sp³-hybridized carbons (Fsp3) is 0.294. The van der Waals surface area contributed by atoms with E-state index in [-0.39, 0.29) is 23.3 Å². The first-order chi connectivity index (χ1) is 10.9. The summed E-state index contributed by atoms with van der Waals surface area (Å²) in [6, 6.07) is 8.27. The lowest BCUT2D eigenvalue weighted by Crippen LogP contribution is -2.29. The third-order valence-corrected chi connectivity index (χ3v) is 4.17. The summed E-state index contributed by atoms with van der Waals surface area (Å²) in [5.41, 5.74) is 0.834. The van der Waals surface area contributed by atoms with Gasteiger partial charge in [0.2, 0.25) is 0 Å². The smallest absolute Gasteiger partial charge is 0.339 e. The van der Waals surface area contributed by atoms with Crippen LogP contribution in [0.2, 0.25) is 5.02 Å². The first kappa shape index (κ1) is 17.1. The number of carboxylic acid groups (broad SMARTS) is 1. The molecular weight excluding hydrogens is 318 g/mol. The minimum Gasteiger partial charge on any atom is -0.478 e. The molecule has 1 aromatic heterocycles. The van der Waals surface area contributed by atoms with Gasteiger partial charge in [-0.2, -0.15) is 0 Å². The van der Waals surface area contributed by atoms with Gasteiger partial charge in [-0.3, -0.25) is 4.79 Å². The number of rotatable bonds is 5. The first-order valence-electron chi connectivity index (χ1n) is 7.24. The Morgan fingerprint density at radius 2 is 2.00 bits per heavy atom. The summed E-state index contributed by atoms with van der Waals surface area (Å²) in [5, 5.41) is 9.72. The van der Waals surface area contributed by atoms with Crippen LogP contribution in [-0.4, -0.2) is 28.9 Å². The van der Waals surface area contributed by atoms with Gasteiger partial charge in [-0.15, -0.1) is 0 Å². The van der Waals surface area contributed by atoms with E-state index >= 15 is 0 Å². The fourth-order valence-corrected chi connectivity index (χ4v) is 2.64. The van der Waals surface area contributed by atoms with E-state index in [9.17, 15) is 9.59 Å². The standard InChI is InChI=1S/C17H18ClNO4/c1-4-14-12(17(21)22)9-15(23-14)16(20)19(3)10(2)11-7-5-6-8-13(11)18/h5-10H,4H2,1-3H3,(H,21,22). The molecule has 2 rings (SSSR count). The van der Waals surface area contributed by atoms with E-state index < -0.39 is 5.97 Å². The Hall–Kier alpha value is -2.27. The number of carboxylic acids is 1. The Balaban J connectivity index is 2.29. The molecule has 0 saturated carbocycles. The van der Waals surface area contributed by atoms with Gasteiger partial charge in [0.25, 0.3) is 5.91 Å². The van der Waals surface area contributed by atoms with Gasteiger partial charge in [-0.25, -0.2) is 4.79 Å². The molecule has 0 aliphatic rings. The normalized spacial score (nSPS) is 12.0. The van der Waals surface area contributed by atoms with Gasteiger partial charge in [0, 0.05) is 24.6 Å². The number of carbonyl (C=O) groups is 2. The van der Waals surface area contributed by atoms with Crippen molar-refractivity contribution in [2.45, 2.75) is 26.3 Å². The van der Waals surface area contributed by atoms with Gasteiger partial charge >= 0.3 is 5.97 Å². The third-order valence-electron chi connectivity index (χ3n) is 3.83. The van der Waals surface area contributed by atoms with E-state index in [2.05, 4.69) is 0 Å². The van der Waals surface area contributed by atoms with Gasteiger partial charge in [0.15, 0.2) is 5.76 Å². The number of carbonyl (C=O) groups excluding carboxylic acids is 1. The molecule has 122 valence electrons. The molecular formula is C17H18ClNO4. The average molecular weight is 336 g/mol. The van der Waals surface area contributed by atoms with Crippen LogP contribution in [0.5, 0.6) is 0 Å². The first-order valence-corrected chi connectivity index (χ1v) is 7.62. The molecule has 1 atom stereocenters. The SMILES string of the molecule is CCc1oc(C(=O)N(C)C(C)c2ccccc2Cl)cc1C(=O)O. The number of amides is 1. The van der Waals surface area contributed by atoms with Crippen molar-refractivity contribution >= 4 is 23.5 Å². The summed E-state index contributed by atoms with van der Waals surface area (Å²) in [6.07, 6.45) is 0.401. The second-order valence-electron chi connectivity index (χ2n) is 5.22. The second kappa shape index (κ2) is 6.87. The van der Waals surface area contributed by atoms with Crippen LogP contribution >= 0.6 is 11.6 Å². The van der Waals surface area contributed by atoms with Gasteiger partial charge in [-0.1, -0.05) is 36.7 Å². The van der Waals surface area contributed by atoms with Crippen LogP contribution < -0.4 is 0 Å². The quantitative estimate of drug-likeness (QED) is 0.895. The predicted octanol–water partition coefficient (Wildman–Crippen LogP) is 4.03. The molecule has 23 heavy (non-hydrogen) atoms. The van der Waals surface area contributed by atoms with Gasteiger partial charge in [-0.05, 0) is 18.6 Å². The fourth-order valence-electron chi connectivity index (χ4n) is 2.35. The highest BCUT2D eigenvalue weighted by molar-refractivity contribution is 6.31. The number of hydrogen-bond acceptors (Lipinski definition) is 3. The number of nitrogens with zero attached hydrogens (tertiary/aromatic N) is 1. The maximum Gasteiger partial charge on any atom is 0.339 e. The molecule has 1 N–H and O–H groups in total. The second-order valence-corrected chi connectivity index (χ2v) is 5.63. The molecule has 1 amide bonds. The Morgan fingerprint density at radius 1 is 1.35 bits per heavy atom. The largest absolute Gasteiger partial charge is 0.478 e. The zero-order valence-corrected chi connectivity index (χ0v) is 13.9. The maximum absolute atomic E-state index is 12.6. The third kappa shape index (κ3) is 3.40. The number of furan rings is 1. The highest BCUT2D eigenvalue weighted by atomic mass is 35.5.